The van der Waals surface area contributed by atoms with Gasteiger partial charge in [0.15, 0.2) is 5.13 Å². The summed E-state index contributed by atoms with van der Waals surface area (Å²) in [6.45, 7) is 1.82. The number of fused-ring (bicyclic) bond motifs is 1. The van der Waals surface area contributed by atoms with Gasteiger partial charge in [-0.3, -0.25) is 9.59 Å². The number of thiazole rings is 1. The Bertz CT molecular complexity index is 901. The predicted molar refractivity (Wildman–Crippen MR) is 96.2 cm³/mol. The molecule has 0 saturated carbocycles. The number of aryl methyl sites for hydroxylation is 1. The lowest BCUT2D eigenvalue weighted by Gasteiger charge is -2.03. The Morgan fingerprint density at radius 2 is 2.04 bits per heavy atom. The van der Waals surface area contributed by atoms with E-state index < -0.39 is 0 Å². The van der Waals surface area contributed by atoms with Crippen LogP contribution in [0.1, 0.15) is 14.5 Å². The van der Waals surface area contributed by atoms with Crippen molar-refractivity contribution in [2.45, 2.75) is 6.92 Å². The maximum atomic E-state index is 12.0. The maximum Gasteiger partial charge on any atom is 0.261 e. The third-order valence-electron chi connectivity index (χ3n) is 3.22. The number of amides is 2. The molecule has 2 amide bonds. The third-order valence-corrected chi connectivity index (χ3v) is 5.16. The smallest absolute Gasteiger partial charge is 0.261 e. The Hall–Kier alpha value is -2.45. The fourth-order valence-electron chi connectivity index (χ4n) is 2.11. The first-order valence-corrected chi connectivity index (χ1v) is 8.78. The second kappa shape index (κ2) is 6.98. The van der Waals surface area contributed by atoms with Crippen LogP contribution in [0.5, 0.6) is 5.75 Å². The van der Waals surface area contributed by atoms with Gasteiger partial charge in [-0.05, 0) is 31.2 Å². The monoisotopic (exact) mass is 361 g/mol. The Morgan fingerprint density at radius 1 is 1.21 bits per heavy atom. The number of nitrogens with zero attached hydrogens (tertiary/aromatic N) is 1. The lowest BCUT2D eigenvalue weighted by molar-refractivity contribution is -0.115. The summed E-state index contributed by atoms with van der Waals surface area (Å²) in [7, 11) is 1.58. The fourth-order valence-corrected chi connectivity index (χ4v) is 3.79. The van der Waals surface area contributed by atoms with Crippen molar-refractivity contribution in [2.24, 2.45) is 0 Å². The van der Waals surface area contributed by atoms with Gasteiger partial charge in [-0.2, -0.15) is 0 Å². The molecule has 3 rings (SSSR count). The summed E-state index contributed by atoms with van der Waals surface area (Å²) in [6, 6.07) is 9.21. The maximum absolute atomic E-state index is 12.0. The number of thiophene rings is 1. The molecule has 0 fully saturated rings. The largest absolute Gasteiger partial charge is 0.494 e. The van der Waals surface area contributed by atoms with E-state index in [0.717, 1.165) is 9.58 Å². The number of methoxy groups -OCH3 is 1. The van der Waals surface area contributed by atoms with E-state index in [1.807, 2.05) is 31.2 Å². The summed E-state index contributed by atoms with van der Waals surface area (Å²) in [6.07, 6.45) is 0. The molecular formula is C16H15N3O3S2. The van der Waals surface area contributed by atoms with E-state index in [1.54, 1.807) is 13.2 Å². The molecule has 0 atom stereocenters. The number of carbonyl (C=O) groups excluding carboxylic acids is 2. The molecule has 0 aliphatic carbocycles. The average molecular weight is 361 g/mol. The summed E-state index contributed by atoms with van der Waals surface area (Å²) >= 11 is 2.75. The van der Waals surface area contributed by atoms with Crippen molar-refractivity contribution in [3.05, 3.63) is 40.1 Å². The summed E-state index contributed by atoms with van der Waals surface area (Å²) < 4.78 is 6.17. The number of nitrogens with one attached hydrogen (secondary N) is 2. The Kier molecular flexibility index (Phi) is 4.77. The number of benzene rings is 1. The van der Waals surface area contributed by atoms with Gasteiger partial charge in [0.25, 0.3) is 5.91 Å². The number of hydrogen-bond acceptors (Lipinski definition) is 6. The lowest BCUT2D eigenvalue weighted by Crippen LogP contribution is -2.32. The topological polar surface area (TPSA) is 80.3 Å². The van der Waals surface area contributed by atoms with Gasteiger partial charge >= 0.3 is 0 Å². The molecule has 3 aromatic rings. The van der Waals surface area contributed by atoms with E-state index in [2.05, 4.69) is 15.6 Å². The average Bonchev–Trinajstić information content (AvgIpc) is 3.17. The molecule has 2 aromatic heterocycles. The molecule has 24 heavy (non-hydrogen) atoms. The van der Waals surface area contributed by atoms with Crippen molar-refractivity contribution >= 4 is 49.8 Å². The van der Waals surface area contributed by atoms with Gasteiger partial charge in [-0.15, -0.1) is 11.3 Å². The highest BCUT2D eigenvalue weighted by molar-refractivity contribution is 7.22. The SMILES string of the molecule is COc1cccc2sc(NC(=O)CNC(=O)c3ccc(C)s3)nc12. The number of rotatable bonds is 5. The van der Waals surface area contributed by atoms with Gasteiger partial charge in [0, 0.05) is 4.88 Å². The standard InChI is InChI=1S/C16H15N3O3S2/c1-9-6-7-12(23-9)15(21)17-8-13(20)18-16-19-14-10(22-2)4-3-5-11(14)24-16/h3-7H,8H2,1-2H3,(H,17,21)(H,18,19,20). The van der Waals surface area contributed by atoms with E-state index in [1.165, 1.54) is 22.7 Å². The van der Waals surface area contributed by atoms with E-state index in [9.17, 15) is 9.59 Å². The minimum Gasteiger partial charge on any atom is -0.494 e. The molecule has 6 nitrogen and oxygen atoms in total. The van der Waals surface area contributed by atoms with E-state index in [0.29, 0.717) is 21.3 Å². The van der Waals surface area contributed by atoms with Crippen LogP contribution in [0, 0.1) is 6.92 Å². The van der Waals surface area contributed by atoms with Crippen molar-refractivity contribution in [1.29, 1.82) is 0 Å². The van der Waals surface area contributed by atoms with Gasteiger partial charge in [0.05, 0.1) is 23.2 Å². The lowest BCUT2D eigenvalue weighted by atomic mass is 10.3. The quantitative estimate of drug-likeness (QED) is 0.732. The van der Waals surface area contributed by atoms with E-state index in [4.69, 9.17) is 4.74 Å². The minimum absolute atomic E-state index is 0.108. The zero-order valence-corrected chi connectivity index (χ0v) is 14.7. The van der Waals surface area contributed by atoms with E-state index in [-0.39, 0.29) is 18.4 Å². The molecule has 2 heterocycles. The van der Waals surface area contributed by atoms with Gasteiger partial charge in [0.2, 0.25) is 5.91 Å². The third kappa shape index (κ3) is 3.55. The first-order chi connectivity index (χ1) is 11.6. The van der Waals surface area contributed by atoms with E-state index >= 15 is 0 Å². The van der Waals surface area contributed by atoms with Gasteiger partial charge < -0.3 is 15.4 Å². The minimum atomic E-state index is -0.324. The van der Waals surface area contributed by atoms with Crippen LogP contribution in [-0.4, -0.2) is 30.5 Å². The number of hydrogen-bond donors (Lipinski definition) is 2. The number of aromatic nitrogens is 1. The van der Waals surface area contributed by atoms with Gasteiger partial charge in [0.1, 0.15) is 11.3 Å². The van der Waals surface area contributed by atoms with Crippen molar-refractivity contribution in [3.8, 4) is 5.75 Å². The molecule has 0 radical (unpaired) electrons. The first-order valence-electron chi connectivity index (χ1n) is 7.15. The van der Waals surface area contributed by atoms with Crippen LogP contribution in [-0.2, 0) is 4.79 Å². The highest BCUT2D eigenvalue weighted by Gasteiger charge is 2.13. The Labute approximate surface area is 146 Å². The second-order valence-electron chi connectivity index (χ2n) is 4.97. The first kappa shape index (κ1) is 16.4. The fraction of sp³-hybridized carbons (Fsp3) is 0.188. The van der Waals surface area contributed by atoms with Crippen LogP contribution >= 0.6 is 22.7 Å². The van der Waals surface area contributed by atoms with Crippen LogP contribution in [0.25, 0.3) is 10.2 Å². The highest BCUT2D eigenvalue weighted by Crippen LogP contribution is 2.31. The molecule has 0 spiro atoms. The molecule has 0 bridgehead atoms. The van der Waals surface area contributed by atoms with Crippen molar-refractivity contribution < 1.29 is 14.3 Å². The molecule has 2 N–H and O–H groups in total. The Balaban J connectivity index is 1.62. The van der Waals surface area contributed by atoms with Crippen LogP contribution in [0.4, 0.5) is 5.13 Å². The normalized spacial score (nSPS) is 10.6. The van der Waals surface area contributed by atoms with Crippen molar-refractivity contribution in [1.82, 2.24) is 10.3 Å². The summed E-state index contributed by atoms with van der Waals surface area (Å²) in [4.78, 5) is 29.9. The summed E-state index contributed by atoms with van der Waals surface area (Å²) in [5.41, 5.74) is 0.707. The summed E-state index contributed by atoms with van der Waals surface area (Å²) in [5, 5.41) is 5.77. The molecule has 0 aliphatic heterocycles. The Morgan fingerprint density at radius 3 is 2.75 bits per heavy atom. The molecule has 0 unspecified atom stereocenters. The molecule has 124 valence electrons. The predicted octanol–water partition coefficient (Wildman–Crippen LogP) is 3.04. The molecule has 1 aromatic carbocycles. The van der Waals surface area contributed by atoms with Crippen LogP contribution in [0.15, 0.2) is 30.3 Å². The zero-order valence-electron chi connectivity index (χ0n) is 13.1. The van der Waals surface area contributed by atoms with Crippen LogP contribution in [0.3, 0.4) is 0 Å². The molecule has 8 heteroatoms. The highest BCUT2D eigenvalue weighted by atomic mass is 32.1. The van der Waals surface area contributed by atoms with Gasteiger partial charge in [-0.25, -0.2) is 4.98 Å². The van der Waals surface area contributed by atoms with Crippen molar-refractivity contribution in [3.63, 3.8) is 0 Å². The number of ether oxygens (including phenoxy) is 1. The summed E-state index contributed by atoms with van der Waals surface area (Å²) in [5.74, 6) is 0.0782. The second-order valence-corrected chi connectivity index (χ2v) is 7.29. The molecular weight excluding hydrogens is 346 g/mol. The molecule has 0 saturated heterocycles. The van der Waals surface area contributed by atoms with Gasteiger partial charge in [-0.1, -0.05) is 17.4 Å². The number of carbonyl (C=O) groups is 2. The molecule has 0 aliphatic rings. The van der Waals surface area contributed by atoms with Crippen LogP contribution in [0.2, 0.25) is 0 Å². The van der Waals surface area contributed by atoms with Crippen LogP contribution < -0.4 is 15.4 Å². The zero-order chi connectivity index (χ0) is 17.1. The van der Waals surface area contributed by atoms with Crippen molar-refractivity contribution in [2.75, 3.05) is 19.0 Å². The number of anilines is 1. The number of para-hydroxylation sites is 1.